The third kappa shape index (κ3) is 5.08. The fourth-order valence-electron chi connectivity index (χ4n) is 3.85. The second kappa shape index (κ2) is 9.41. The van der Waals surface area contributed by atoms with Crippen molar-refractivity contribution in [3.63, 3.8) is 0 Å². The Balaban J connectivity index is 1.17. The lowest BCUT2D eigenvalue weighted by Gasteiger charge is -2.31. The normalized spacial score (nSPS) is 15.9. The van der Waals surface area contributed by atoms with E-state index in [2.05, 4.69) is 16.1 Å². The van der Waals surface area contributed by atoms with Gasteiger partial charge >= 0.3 is 0 Å². The Morgan fingerprint density at radius 2 is 2.10 bits per heavy atom. The van der Waals surface area contributed by atoms with Gasteiger partial charge < -0.3 is 9.42 Å². The zero-order valence-corrected chi connectivity index (χ0v) is 18.2. The van der Waals surface area contributed by atoms with Gasteiger partial charge in [0.05, 0.1) is 14.8 Å². The van der Waals surface area contributed by atoms with Crippen LogP contribution in [0.2, 0.25) is 0 Å². The molecule has 4 rings (SSSR count). The first-order chi connectivity index (χ1) is 14.1. The number of thioether (sulfide) groups is 1. The Kier molecular flexibility index (Phi) is 6.67. The Labute approximate surface area is 178 Å². The van der Waals surface area contributed by atoms with Gasteiger partial charge in [0.15, 0.2) is 11.4 Å². The molecule has 29 heavy (non-hydrogen) atoms. The van der Waals surface area contributed by atoms with Gasteiger partial charge in [0.25, 0.3) is 0 Å². The van der Waals surface area contributed by atoms with Crippen molar-refractivity contribution < 1.29 is 13.7 Å². The molecular weight excluding hydrogens is 407 g/mol. The quantitative estimate of drug-likeness (QED) is 0.249. The van der Waals surface area contributed by atoms with Crippen LogP contribution in [0.5, 0.6) is 0 Å². The van der Waals surface area contributed by atoms with Gasteiger partial charge in [-0.05, 0) is 82.3 Å². The molecule has 2 aromatic heterocycles. The molecule has 3 aromatic rings. The van der Waals surface area contributed by atoms with Crippen molar-refractivity contribution in [2.75, 3.05) is 25.4 Å². The summed E-state index contributed by atoms with van der Waals surface area (Å²) in [5, 5.41) is 5.18. The van der Waals surface area contributed by atoms with E-state index in [1.807, 2.05) is 17.8 Å². The summed E-state index contributed by atoms with van der Waals surface area (Å²) in [7, 11) is 0. The lowest BCUT2D eigenvalue weighted by Crippen LogP contribution is -2.33. The Bertz CT molecular complexity index is 976. The van der Waals surface area contributed by atoms with Crippen molar-refractivity contribution in [1.29, 1.82) is 0 Å². The summed E-state index contributed by atoms with van der Waals surface area (Å²) in [6.07, 6.45) is 4.50. The number of aromatic nitrogens is 1. The second-order valence-corrected chi connectivity index (χ2v) is 10.0. The topological polar surface area (TPSA) is 46.3 Å². The first kappa shape index (κ1) is 20.6. The molecule has 7 heteroatoms. The molecule has 0 aliphatic carbocycles. The van der Waals surface area contributed by atoms with E-state index in [4.69, 9.17) is 4.52 Å². The zero-order valence-electron chi connectivity index (χ0n) is 16.5. The number of likely N-dealkylation sites (tertiary alicyclic amines) is 1. The maximum atomic E-state index is 13.3. The highest BCUT2D eigenvalue weighted by molar-refractivity contribution is 8.01. The number of nitrogens with zero attached hydrogens (tertiary/aromatic N) is 2. The largest absolute Gasteiger partial charge is 0.356 e. The van der Waals surface area contributed by atoms with Crippen LogP contribution in [0.25, 0.3) is 11.0 Å². The third-order valence-corrected chi connectivity index (χ3v) is 7.98. The Hall–Kier alpha value is -1.70. The van der Waals surface area contributed by atoms with Gasteiger partial charge in [0.1, 0.15) is 5.82 Å². The van der Waals surface area contributed by atoms with Crippen LogP contribution >= 0.6 is 23.1 Å². The number of thiophene rings is 1. The zero-order chi connectivity index (χ0) is 20.2. The van der Waals surface area contributed by atoms with Crippen molar-refractivity contribution in [3.05, 3.63) is 46.7 Å². The van der Waals surface area contributed by atoms with Crippen molar-refractivity contribution in [1.82, 2.24) is 10.1 Å². The highest BCUT2D eigenvalue weighted by Gasteiger charge is 2.24. The molecule has 1 aliphatic rings. The first-order valence-corrected chi connectivity index (χ1v) is 11.9. The van der Waals surface area contributed by atoms with Gasteiger partial charge in [-0.3, -0.25) is 4.79 Å². The number of unbranched alkanes of at least 4 members (excludes halogenated alkanes) is 1. The molecule has 0 atom stereocenters. The van der Waals surface area contributed by atoms with Gasteiger partial charge in [-0.15, -0.1) is 23.1 Å². The minimum atomic E-state index is -0.286. The average molecular weight is 433 g/mol. The highest BCUT2D eigenvalue weighted by Crippen LogP contribution is 2.33. The lowest BCUT2D eigenvalue weighted by molar-refractivity contribution is 0.102. The van der Waals surface area contributed by atoms with E-state index < -0.39 is 0 Å². The molecule has 0 N–H and O–H groups in total. The lowest BCUT2D eigenvalue weighted by atomic mass is 9.91. The van der Waals surface area contributed by atoms with Crippen molar-refractivity contribution in [2.24, 2.45) is 0 Å². The number of carbonyl (C=O) groups is 1. The summed E-state index contributed by atoms with van der Waals surface area (Å²) in [4.78, 5) is 14.7. The monoisotopic (exact) mass is 432 g/mol. The molecule has 0 saturated carbocycles. The van der Waals surface area contributed by atoms with E-state index in [1.165, 1.54) is 29.2 Å². The van der Waals surface area contributed by atoms with Crippen LogP contribution in [-0.2, 0) is 0 Å². The molecular formula is C22H25FN2O2S2. The van der Waals surface area contributed by atoms with Crippen LogP contribution < -0.4 is 0 Å². The predicted octanol–water partition coefficient (Wildman–Crippen LogP) is 5.98. The smallest absolute Gasteiger partial charge is 0.170 e. The summed E-state index contributed by atoms with van der Waals surface area (Å²) < 4.78 is 19.9. The molecule has 154 valence electrons. The maximum absolute atomic E-state index is 13.3. The molecule has 0 bridgehead atoms. The molecule has 0 radical (unpaired) electrons. The molecule has 1 fully saturated rings. The predicted molar refractivity (Wildman–Crippen MR) is 117 cm³/mol. The number of Topliss-reactive ketones (excluding diaryl/α,β-unsaturated/α-hetero) is 1. The molecule has 1 aromatic carbocycles. The summed E-state index contributed by atoms with van der Waals surface area (Å²) >= 11 is 3.44. The first-order valence-electron chi connectivity index (χ1n) is 10.1. The maximum Gasteiger partial charge on any atom is 0.170 e. The van der Waals surface area contributed by atoms with Crippen molar-refractivity contribution >= 4 is 39.9 Å². The van der Waals surface area contributed by atoms with E-state index >= 15 is 0 Å². The van der Waals surface area contributed by atoms with Crippen LogP contribution in [0.4, 0.5) is 4.39 Å². The van der Waals surface area contributed by atoms with Crippen molar-refractivity contribution in [3.8, 4) is 0 Å². The molecule has 1 saturated heterocycles. The Morgan fingerprint density at radius 3 is 2.86 bits per heavy atom. The van der Waals surface area contributed by atoms with E-state index in [1.54, 1.807) is 24.3 Å². The van der Waals surface area contributed by atoms with Gasteiger partial charge in [0, 0.05) is 17.4 Å². The standard InChI is InChI=1S/C22H25FN2O2S2/c1-15(26)20-6-7-21(29-20)28-13-3-2-10-25-11-8-16(9-12-25)22-18-5-4-17(23)14-19(18)27-24-22/h4-7,14,16H,2-3,8-13H2,1H3. The van der Waals surface area contributed by atoms with Crippen LogP contribution in [0.3, 0.4) is 0 Å². The number of fused-ring (bicyclic) bond motifs is 1. The van der Waals surface area contributed by atoms with E-state index in [-0.39, 0.29) is 11.6 Å². The van der Waals surface area contributed by atoms with Gasteiger partial charge in [-0.25, -0.2) is 4.39 Å². The number of benzene rings is 1. The molecule has 4 nitrogen and oxygen atoms in total. The number of halogens is 1. The van der Waals surface area contributed by atoms with Gasteiger partial charge in [-0.2, -0.15) is 0 Å². The van der Waals surface area contributed by atoms with E-state index in [9.17, 15) is 9.18 Å². The molecule has 0 spiro atoms. The molecule has 0 unspecified atom stereocenters. The van der Waals surface area contributed by atoms with Crippen LogP contribution in [-0.4, -0.2) is 41.2 Å². The van der Waals surface area contributed by atoms with Crippen LogP contribution in [0.1, 0.15) is 53.9 Å². The number of rotatable bonds is 8. The fourth-order valence-corrected chi connectivity index (χ4v) is 5.95. The van der Waals surface area contributed by atoms with Crippen molar-refractivity contribution in [2.45, 2.75) is 42.7 Å². The van der Waals surface area contributed by atoms with Crippen LogP contribution in [0.15, 0.2) is 39.1 Å². The number of hydrogen-bond donors (Lipinski definition) is 0. The summed E-state index contributed by atoms with van der Waals surface area (Å²) in [5.74, 6) is 1.35. The molecule has 1 aliphatic heterocycles. The minimum absolute atomic E-state index is 0.149. The van der Waals surface area contributed by atoms with E-state index in [0.717, 1.165) is 54.2 Å². The van der Waals surface area contributed by atoms with Gasteiger partial charge in [-0.1, -0.05) is 5.16 Å². The number of ketones is 1. The second-order valence-electron chi connectivity index (χ2n) is 7.55. The highest BCUT2D eigenvalue weighted by atomic mass is 32.2. The molecule has 3 heterocycles. The summed E-state index contributed by atoms with van der Waals surface area (Å²) in [5.41, 5.74) is 1.53. The number of carbonyl (C=O) groups excluding carboxylic acids is 1. The number of piperidine rings is 1. The van der Waals surface area contributed by atoms with Gasteiger partial charge in [0.2, 0.25) is 0 Å². The SMILES string of the molecule is CC(=O)c1ccc(SCCCCN2CCC(c3noc4cc(F)ccc34)CC2)s1. The van der Waals surface area contributed by atoms with Crippen LogP contribution in [0, 0.1) is 5.82 Å². The Morgan fingerprint density at radius 1 is 1.28 bits per heavy atom. The minimum Gasteiger partial charge on any atom is -0.356 e. The summed E-state index contributed by atoms with van der Waals surface area (Å²) in [6, 6.07) is 8.66. The van der Waals surface area contributed by atoms with E-state index in [0.29, 0.717) is 11.5 Å². The summed E-state index contributed by atoms with van der Waals surface area (Å²) in [6.45, 7) is 4.88. The number of hydrogen-bond acceptors (Lipinski definition) is 6. The third-order valence-electron chi connectivity index (χ3n) is 5.48. The average Bonchev–Trinajstić information content (AvgIpc) is 3.35. The fraction of sp³-hybridized carbons (Fsp3) is 0.455. The molecule has 0 amide bonds.